The quantitative estimate of drug-likeness (QED) is 0.105. The molecule has 1 aliphatic carbocycles. The van der Waals surface area contributed by atoms with Crippen LogP contribution in [0.1, 0.15) is 97.6 Å². The van der Waals surface area contributed by atoms with E-state index >= 15 is 8.78 Å². The summed E-state index contributed by atoms with van der Waals surface area (Å²) in [4.78, 5) is 76.0. The Kier molecular flexibility index (Phi) is 13.1. The van der Waals surface area contributed by atoms with Crippen LogP contribution in [0.2, 0.25) is 0 Å². The summed E-state index contributed by atoms with van der Waals surface area (Å²) in [5.41, 5.74) is 7.54. The Bertz CT molecular complexity index is 3230. The van der Waals surface area contributed by atoms with Crippen molar-refractivity contribution in [3.63, 3.8) is 0 Å². The molecule has 2 atom stereocenters. The molecule has 0 spiro atoms. The number of aryl methyl sites for hydroxylation is 2. The molecular weight excluding hydrogens is 943 g/mol. The monoisotopic (exact) mass is 1010 g/mol. The second-order valence-corrected chi connectivity index (χ2v) is 21.2. The van der Waals surface area contributed by atoms with Crippen LogP contribution in [0.3, 0.4) is 0 Å². The maximum atomic E-state index is 16.2. The van der Waals surface area contributed by atoms with E-state index in [1.165, 1.54) is 16.7 Å². The molecule has 5 amide bonds. The number of imide groups is 1. The molecule has 4 fully saturated rings. The first kappa shape index (κ1) is 49.2. The van der Waals surface area contributed by atoms with Crippen molar-refractivity contribution in [1.82, 2.24) is 34.1 Å². The molecule has 6 aliphatic rings. The van der Waals surface area contributed by atoms with Gasteiger partial charge in [0, 0.05) is 156 Å². The van der Waals surface area contributed by atoms with Crippen LogP contribution in [-0.4, -0.2) is 134 Å². The van der Waals surface area contributed by atoms with Gasteiger partial charge in [-0.15, -0.1) is 0 Å². The molecule has 5 aromatic rings. The van der Waals surface area contributed by atoms with E-state index in [1.807, 2.05) is 31.0 Å². The van der Waals surface area contributed by atoms with Gasteiger partial charge in [0.25, 0.3) is 17.4 Å². The number of carbonyl (C=O) groups excluding carboxylic acids is 4. The number of rotatable bonds is 11. The molecule has 0 bridgehead atoms. The van der Waals surface area contributed by atoms with E-state index in [1.54, 1.807) is 40.9 Å². The molecule has 7 heterocycles. The summed E-state index contributed by atoms with van der Waals surface area (Å²) in [6, 6.07) is 20.0. The molecule has 74 heavy (non-hydrogen) atoms. The smallest absolute Gasteiger partial charge is 0.388 e. The fourth-order valence-electron chi connectivity index (χ4n) is 12.1. The zero-order valence-corrected chi connectivity index (χ0v) is 42.8. The second-order valence-electron chi connectivity index (χ2n) is 21.2. The minimum absolute atomic E-state index is 0.00275. The zero-order valence-electron chi connectivity index (χ0n) is 42.8. The fraction of sp³-hybridized carbons (Fsp3) is 0.439. The standard InChI is InChI=1S/C57H62F2N10O5/c1-34-25-39(26-45(59)54(34)38-15-20-64(21-16-38)36(3)49-29-43-46(62(49)5)7-6-8-47(43)67-22-17-41(60-4)28-53(67)71)56(73)65-18-13-37(14-19-65)32-66-24-23-63(31-35(66)2)33-40-27-50-51(30-44(40)58)69(57(74)68(50)42-9-10-42)48-11-12-52(70)61-55(48)72/h8,15,17,22,25-30,35-37,42H,9-14,16,18-21,23-24,31-33H2,1-5H3,(H-,60,61,70,71,72)/p+1/b69-48-/t35-,36-/m0/s1. The molecular formula is C57H63F2N10O5+. The van der Waals surface area contributed by atoms with Crippen molar-refractivity contribution in [2.45, 2.75) is 90.4 Å². The number of likely N-dealkylation sites (tertiary alicyclic amines) is 1. The molecule has 5 aliphatic heterocycles. The van der Waals surface area contributed by atoms with E-state index in [-0.39, 0.29) is 65.9 Å². The first-order valence-electron chi connectivity index (χ1n) is 26.1. The third-order valence-electron chi connectivity index (χ3n) is 16.4. The highest BCUT2D eigenvalue weighted by Gasteiger charge is 2.52. The molecule has 1 saturated carbocycles. The predicted molar refractivity (Wildman–Crippen MR) is 279 cm³/mol. The number of aromatic nitrogens is 2. The van der Waals surface area contributed by atoms with Crippen LogP contribution in [0.5, 0.6) is 0 Å². The maximum Gasteiger partial charge on any atom is 0.504 e. The first-order valence-corrected chi connectivity index (χ1v) is 26.1. The maximum absolute atomic E-state index is 16.2. The number of urea groups is 1. The van der Waals surface area contributed by atoms with E-state index in [4.69, 9.17) is 0 Å². The Morgan fingerprint density at radius 1 is 0.932 bits per heavy atom. The number of amides is 5. The molecule has 17 heteroatoms. The first-order chi connectivity index (χ1) is 35.6. The van der Waals surface area contributed by atoms with Crippen molar-refractivity contribution in [3.8, 4) is 5.69 Å². The number of piperazine rings is 1. The summed E-state index contributed by atoms with van der Waals surface area (Å²) >= 11 is 0. The average Bonchev–Trinajstić information content (AvgIpc) is 4.12. The highest BCUT2D eigenvalue weighted by atomic mass is 19.1. The zero-order chi connectivity index (χ0) is 51.7. The normalized spacial score (nSPS) is 21.7. The highest BCUT2D eigenvalue weighted by molar-refractivity contribution is 6.42. The summed E-state index contributed by atoms with van der Waals surface area (Å²) in [6.07, 6.45) is 8.12. The third kappa shape index (κ3) is 9.11. The summed E-state index contributed by atoms with van der Waals surface area (Å²) in [5.74, 6) is -1.55. The largest absolute Gasteiger partial charge is 0.504 e. The van der Waals surface area contributed by atoms with Gasteiger partial charge in [-0.25, -0.2) is 8.78 Å². The minimum Gasteiger partial charge on any atom is -0.388 e. The number of benzene rings is 2. The Labute approximate surface area is 429 Å². The van der Waals surface area contributed by atoms with Gasteiger partial charge in [0.1, 0.15) is 23.2 Å². The fourth-order valence-corrected chi connectivity index (χ4v) is 12.1. The number of nitrogens with one attached hydrogen (secondary N) is 2. The molecule has 2 aromatic heterocycles. The van der Waals surface area contributed by atoms with E-state index in [0.29, 0.717) is 66.6 Å². The minimum atomic E-state index is -0.614. The van der Waals surface area contributed by atoms with Gasteiger partial charge in [0.2, 0.25) is 5.91 Å². The number of hydrogen-bond donors (Lipinski definition) is 2. The van der Waals surface area contributed by atoms with E-state index in [2.05, 4.69) is 68.0 Å². The van der Waals surface area contributed by atoms with Crippen LogP contribution in [0.15, 0.2) is 65.6 Å². The van der Waals surface area contributed by atoms with Gasteiger partial charge in [-0.3, -0.25) is 43.8 Å². The van der Waals surface area contributed by atoms with Crippen LogP contribution in [0.25, 0.3) is 22.2 Å². The number of hydrogen-bond acceptors (Lipinski definition) is 9. The number of piperidine rings is 2. The number of nitrogens with zero attached hydrogens (tertiary/aromatic N) is 8. The lowest BCUT2D eigenvalue weighted by Gasteiger charge is -2.42. The summed E-state index contributed by atoms with van der Waals surface area (Å²) in [6.45, 7) is 12.4. The number of anilines is 2. The lowest BCUT2D eigenvalue weighted by atomic mass is 9.92. The molecule has 384 valence electrons. The Morgan fingerprint density at radius 2 is 1.73 bits per heavy atom. The molecule has 3 aromatic carbocycles. The van der Waals surface area contributed by atoms with Gasteiger partial charge in [-0.2, -0.15) is 14.3 Å². The Balaban J connectivity index is 0.682. The van der Waals surface area contributed by atoms with Gasteiger partial charge in [-0.1, -0.05) is 12.1 Å². The van der Waals surface area contributed by atoms with Crippen molar-refractivity contribution < 1.29 is 32.5 Å². The molecule has 0 unspecified atom stereocenters. The molecule has 11 rings (SSSR count). The van der Waals surface area contributed by atoms with Crippen LogP contribution >= 0.6 is 0 Å². The number of pyridine rings is 1. The van der Waals surface area contributed by atoms with Gasteiger partial charge < -0.3 is 14.8 Å². The van der Waals surface area contributed by atoms with Crippen molar-refractivity contribution in [2.24, 2.45) is 13.0 Å². The van der Waals surface area contributed by atoms with E-state index in [9.17, 15) is 24.0 Å². The summed E-state index contributed by atoms with van der Waals surface area (Å²) < 4.78 is 37.2. The third-order valence-corrected chi connectivity index (χ3v) is 16.4. The SMILES string of the molecule is CNc1ccn(-c2cc#cc3c2cc([C@H](C)N2CC=C(c4c(C)cc(C(=O)N5CCC(CN6CCN(Cc7cc8c(cc7F)/[N+](=C7\CCC(=O)NC7=O)C(=O)N8C7CC7)C[C@@H]6C)CC5)cc4F)CC2)n3C)c(=O)c1. The van der Waals surface area contributed by atoms with Crippen LogP contribution in [-0.2, 0) is 23.2 Å². The van der Waals surface area contributed by atoms with Crippen LogP contribution in [0, 0.1) is 36.6 Å². The van der Waals surface area contributed by atoms with Crippen molar-refractivity contribution in [3.05, 3.63) is 123 Å². The lowest BCUT2D eigenvalue weighted by Crippen LogP contribution is -2.53. The summed E-state index contributed by atoms with van der Waals surface area (Å²) in [5, 5.41) is 6.23. The second kappa shape index (κ2) is 19.7. The van der Waals surface area contributed by atoms with Crippen LogP contribution in [0.4, 0.5) is 30.6 Å². The van der Waals surface area contributed by atoms with Gasteiger partial charge in [0.05, 0.1) is 5.69 Å². The predicted octanol–water partition coefficient (Wildman–Crippen LogP) is 7.09. The van der Waals surface area contributed by atoms with Gasteiger partial charge >= 0.3 is 6.03 Å². The van der Waals surface area contributed by atoms with Crippen molar-refractivity contribution in [1.29, 1.82) is 0 Å². The van der Waals surface area contributed by atoms with E-state index < -0.39 is 11.7 Å². The van der Waals surface area contributed by atoms with Crippen LogP contribution < -0.4 is 21.1 Å². The highest BCUT2D eigenvalue weighted by Crippen LogP contribution is 2.45. The Morgan fingerprint density at radius 3 is 2.42 bits per heavy atom. The number of halogens is 2. The summed E-state index contributed by atoms with van der Waals surface area (Å²) in [7, 11) is 3.79. The van der Waals surface area contributed by atoms with Gasteiger partial charge in [0.15, 0.2) is 17.1 Å². The van der Waals surface area contributed by atoms with E-state index in [0.717, 1.165) is 97.5 Å². The molecule has 0 radical (unpaired) electrons. The van der Waals surface area contributed by atoms with Gasteiger partial charge in [-0.05, 0) is 106 Å². The van der Waals surface area contributed by atoms with Crippen molar-refractivity contribution >= 4 is 63.0 Å². The Hall–Kier alpha value is -7.00. The number of fused-ring (bicyclic) bond motifs is 2. The van der Waals surface area contributed by atoms with Crippen molar-refractivity contribution in [2.75, 3.05) is 69.6 Å². The lowest BCUT2D eigenvalue weighted by molar-refractivity contribution is -0.324. The topological polar surface area (TPSA) is 138 Å². The molecule has 3 saturated heterocycles. The average molecular weight is 1010 g/mol. The molecule has 15 nitrogen and oxygen atoms in total. The molecule has 2 N–H and O–H groups in total. The number of carbonyl (C=O) groups is 4.